The van der Waals surface area contributed by atoms with Crippen molar-refractivity contribution in [1.82, 2.24) is 15.1 Å². The van der Waals surface area contributed by atoms with E-state index in [1.807, 2.05) is 4.90 Å². The maximum absolute atomic E-state index is 14.3. The maximum Gasteiger partial charge on any atom is 0.418 e. The Labute approximate surface area is 261 Å². The second-order valence-corrected chi connectivity index (χ2v) is 12.5. The van der Waals surface area contributed by atoms with Crippen molar-refractivity contribution in [3.05, 3.63) is 59.2 Å². The van der Waals surface area contributed by atoms with Crippen LogP contribution in [0.4, 0.5) is 32.0 Å². The fourth-order valence-corrected chi connectivity index (χ4v) is 6.74. The number of halogens is 6. The number of hydrogen-bond donors (Lipinski definition) is 2. The molecule has 14 heteroatoms. The van der Waals surface area contributed by atoms with E-state index in [2.05, 4.69) is 10.6 Å². The smallest absolute Gasteiger partial charge is 0.382 e. The van der Waals surface area contributed by atoms with Crippen molar-refractivity contribution in [2.45, 2.75) is 59.4 Å². The van der Waals surface area contributed by atoms with Gasteiger partial charge in [-0.25, -0.2) is 0 Å². The van der Waals surface area contributed by atoms with Crippen LogP contribution in [0.25, 0.3) is 6.08 Å². The molecule has 0 radical (unpaired) electrons. The first-order valence-corrected chi connectivity index (χ1v) is 15.5. The van der Waals surface area contributed by atoms with Crippen LogP contribution in [0, 0.1) is 0 Å². The van der Waals surface area contributed by atoms with Crippen LogP contribution in [0.2, 0.25) is 0 Å². The molecule has 2 amide bonds. The van der Waals surface area contributed by atoms with Crippen LogP contribution in [-0.4, -0.2) is 79.6 Å². The fraction of sp³-hybridized carbons (Fsp3) is 0.484. The zero-order valence-electron chi connectivity index (χ0n) is 24.6. The summed E-state index contributed by atoms with van der Waals surface area (Å²) in [5, 5.41) is 6.47. The van der Waals surface area contributed by atoms with Crippen LogP contribution in [0.3, 0.4) is 0 Å². The molecule has 7 nitrogen and oxygen atoms in total. The number of amides is 2. The van der Waals surface area contributed by atoms with Gasteiger partial charge in [0.15, 0.2) is 0 Å². The van der Waals surface area contributed by atoms with E-state index in [0.717, 1.165) is 37.1 Å². The number of piperidine rings is 1. The van der Waals surface area contributed by atoms with E-state index in [-0.39, 0.29) is 38.3 Å². The van der Waals surface area contributed by atoms with Crippen LogP contribution in [0.15, 0.2) is 52.3 Å². The van der Waals surface area contributed by atoms with Gasteiger partial charge in [-0.05, 0) is 68.6 Å². The molecule has 2 heterocycles. The van der Waals surface area contributed by atoms with E-state index in [4.69, 9.17) is 4.74 Å². The Morgan fingerprint density at radius 2 is 1.60 bits per heavy atom. The summed E-state index contributed by atoms with van der Waals surface area (Å²) in [6.07, 6.45) is -6.01. The number of nitrogens with one attached hydrogen (secondary N) is 2. The van der Waals surface area contributed by atoms with Gasteiger partial charge in [-0.3, -0.25) is 9.59 Å². The molecule has 3 fully saturated rings. The van der Waals surface area contributed by atoms with Gasteiger partial charge in [0.25, 0.3) is 0 Å². The van der Waals surface area contributed by atoms with Gasteiger partial charge in [0, 0.05) is 53.8 Å². The molecular weight excluding hydrogens is 622 g/mol. The predicted octanol–water partition coefficient (Wildman–Crippen LogP) is 5.90. The Kier molecular flexibility index (Phi) is 9.76. The second kappa shape index (κ2) is 13.2. The largest absolute Gasteiger partial charge is 0.418 e. The minimum absolute atomic E-state index is 0.0212. The van der Waals surface area contributed by atoms with Crippen molar-refractivity contribution in [2.75, 3.05) is 51.8 Å². The summed E-state index contributed by atoms with van der Waals surface area (Å²) in [5.74, 6) is -0.504. The third kappa shape index (κ3) is 7.78. The average Bonchev–Trinajstić information content (AvgIpc) is 3.81. The van der Waals surface area contributed by atoms with E-state index in [9.17, 15) is 35.9 Å². The van der Waals surface area contributed by atoms with Gasteiger partial charge in [-0.2, -0.15) is 26.3 Å². The van der Waals surface area contributed by atoms with Crippen molar-refractivity contribution in [1.29, 1.82) is 0 Å². The number of nitrogens with zero attached hydrogens (tertiary/aromatic N) is 2. The first kappa shape index (κ1) is 33.1. The highest BCUT2D eigenvalue weighted by atomic mass is 32.2. The highest BCUT2D eigenvalue weighted by Crippen LogP contribution is 2.48. The van der Waals surface area contributed by atoms with Gasteiger partial charge in [-0.15, -0.1) is 0 Å². The van der Waals surface area contributed by atoms with Crippen LogP contribution < -0.4 is 10.6 Å². The molecule has 0 bridgehead atoms. The number of rotatable bonds is 8. The van der Waals surface area contributed by atoms with E-state index in [1.54, 1.807) is 25.2 Å². The van der Waals surface area contributed by atoms with Crippen LogP contribution in [0.1, 0.15) is 42.4 Å². The molecule has 5 rings (SSSR count). The average molecular weight is 657 g/mol. The number of alkyl halides is 6. The molecule has 45 heavy (non-hydrogen) atoms. The van der Waals surface area contributed by atoms with Crippen molar-refractivity contribution < 1.29 is 40.7 Å². The van der Waals surface area contributed by atoms with Crippen molar-refractivity contribution >= 4 is 35.3 Å². The molecule has 3 aliphatic rings. The molecule has 0 spiro atoms. The van der Waals surface area contributed by atoms with E-state index >= 15 is 0 Å². The molecular formula is C31H34F6N4O3S. The summed E-state index contributed by atoms with van der Waals surface area (Å²) >= 11 is 0.587. The molecule has 0 aromatic heterocycles. The number of likely N-dealkylation sites (tertiary alicyclic amines) is 1. The molecule has 1 saturated carbocycles. The number of morpholine rings is 1. The minimum Gasteiger partial charge on any atom is -0.382 e. The highest BCUT2D eigenvalue weighted by molar-refractivity contribution is 7.99. The van der Waals surface area contributed by atoms with Crippen LogP contribution >= 0.6 is 11.8 Å². The Balaban J connectivity index is 1.33. The lowest BCUT2D eigenvalue weighted by Crippen LogP contribution is -2.51. The number of carbonyl (C=O) groups is 2. The number of anilines is 1. The number of likely N-dealkylation sites (N-methyl/N-ethyl adjacent to an activating group) is 1. The molecule has 2 aromatic rings. The molecule has 1 aliphatic carbocycles. The van der Waals surface area contributed by atoms with E-state index < -0.39 is 45.4 Å². The summed E-state index contributed by atoms with van der Waals surface area (Å²) in [7, 11) is 1.78. The summed E-state index contributed by atoms with van der Waals surface area (Å²) < 4.78 is 90.8. The quantitative estimate of drug-likeness (QED) is 0.272. The predicted molar refractivity (Wildman–Crippen MR) is 158 cm³/mol. The molecule has 244 valence electrons. The van der Waals surface area contributed by atoms with Crippen LogP contribution in [-0.2, 0) is 26.7 Å². The Bertz CT molecular complexity index is 1430. The molecule has 0 unspecified atom stereocenters. The zero-order chi connectivity index (χ0) is 32.4. The summed E-state index contributed by atoms with van der Waals surface area (Å²) in [6, 6.07) is 8.49. The lowest BCUT2D eigenvalue weighted by atomic mass is 9.99. The number of benzene rings is 2. The van der Waals surface area contributed by atoms with Crippen molar-refractivity contribution in [3.8, 4) is 0 Å². The topological polar surface area (TPSA) is 73.9 Å². The molecule has 0 atom stereocenters. The highest BCUT2D eigenvalue weighted by Gasteiger charge is 2.51. The van der Waals surface area contributed by atoms with Gasteiger partial charge < -0.3 is 25.2 Å². The third-order valence-corrected chi connectivity index (χ3v) is 9.40. The SMILES string of the molecule is CNC1(C(=O)N2CCC(Nc3cccc(Sc4ccc(/C=C/C(=O)N5CCOCC5)c(C(F)(F)F)c4C(F)(F)F)c3)CC2)CC1. The summed E-state index contributed by atoms with van der Waals surface area (Å²) in [5.41, 5.74) is -4.21. The van der Waals surface area contributed by atoms with E-state index in [0.29, 0.717) is 48.3 Å². The van der Waals surface area contributed by atoms with Gasteiger partial charge in [-0.1, -0.05) is 23.9 Å². The first-order valence-electron chi connectivity index (χ1n) is 14.7. The van der Waals surface area contributed by atoms with Gasteiger partial charge >= 0.3 is 12.4 Å². The van der Waals surface area contributed by atoms with Gasteiger partial charge in [0.2, 0.25) is 11.8 Å². The number of carbonyl (C=O) groups excluding carboxylic acids is 2. The molecule has 2 aliphatic heterocycles. The van der Waals surface area contributed by atoms with Gasteiger partial charge in [0.1, 0.15) is 0 Å². The van der Waals surface area contributed by atoms with Gasteiger partial charge in [0.05, 0.1) is 29.9 Å². The Morgan fingerprint density at radius 1 is 0.933 bits per heavy atom. The molecule has 2 aromatic carbocycles. The zero-order valence-corrected chi connectivity index (χ0v) is 25.4. The first-order chi connectivity index (χ1) is 21.3. The summed E-state index contributed by atoms with van der Waals surface area (Å²) in [4.78, 5) is 28.2. The number of hydrogen-bond acceptors (Lipinski definition) is 6. The molecule has 2 saturated heterocycles. The fourth-order valence-electron chi connectivity index (χ4n) is 5.70. The maximum atomic E-state index is 14.3. The molecule has 2 N–H and O–H groups in total. The van der Waals surface area contributed by atoms with Crippen LogP contribution in [0.5, 0.6) is 0 Å². The van der Waals surface area contributed by atoms with E-state index in [1.165, 1.54) is 11.0 Å². The van der Waals surface area contributed by atoms with Crippen molar-refractivity contribution in [2.24, 2.45) is 0 Å². The lowest BCUT2D eigenvalue weighted by molar-refractivity contribution is -0.163. The second-order valence-electron chi connectivity index (χ2n) is 11.3. The summed E-state index contributed by atoms with van der Waals surface area (Å²) in [6.45, 7) is 2.16. The number of ether oxygens (including phenoxy) is 1. The van der Waals surface area contributed by atoms with Crippen molar-refractivity contribution in [3.63, 3.8) is 0 Å². The standard InChI is InChI=1S/C31H34F6N4O3S/c1-38-29(11-12-29)28(43)41-13-9-21(10-14-41)39-22-3-2-4-23(19-22)45-24-7-5-20(6-8-25(42)40-15-17-44-18-16-40)26(30(32,33)34)27(24)31(35,36)37/h2-8,19,21,38-39H,9-18H2,1H3/b8-6+. The lowest BCUT2D eigenvalue weighted by Gasteiger charge is -2.35. The monoisotopic (exact) mass is 656 g/mol. The Morgan fingerprint density at radius 3 is 2.20 bits per heavy atom. The Hall–Kier alpha value is -3.23. The third-order valence-electron chi connectivity index (χ3n) is 8.35. The minimum atomic E-state index is -5.34. The normalized spacial score (nSPS) is 19.2.